The van der Waals surface area contributed by atoms with E-state index in [0.717, 1.165) is 33.0 Å². The Morgan fingerprint density at radius 2 is 2.14 bits per heavy atom. The number of aromatic nitrogens is 1. The van der Waals surface area contributed by atoms with Gasteiger partial charge in [-0.1, -0.05) is 12.0 Å². The zero-order chi connectivity index (χ0) is 19.8. The van der Waals surface area contributed by atoms with Crippen molar-refractivity contribution in [3.05, 3.63) is 53.7 Å². The van der Waals surface area contributed by atoms with Gasteiger partial charge in [-0.2, -0.15) is 5.26 Å². The Balaban J connectivity index is 1.70. The van der Waals surface area contributed by atoms with E-state index in [1.807, 2.05) is 43.3 Å². The van der Waals surface area contributed by atoms with Crippen molar-refractivity contribution >= 4 is 28.2 Å². The van der Waals surface area contributed by atoms with E-state index in [2.05, 4.69) is 22.3 Å². The summed E-state index contributed by atoms with van der Waals surface area (Å²) in [4.78, 5) is 16.5. The number of benzene rings is 2. The molecule has 5 heteroatoms. The monoisotopic (exact) mass is 366 g/mol. The summed E-state index contributed by atoms with van der Waals surface area (Å²) in [6.07, 6.45) is 7.75. The second-order valence-corrected chi connectivity index (χ2v) is 7.10. The summed E-state index contributed by atoms with van der Waals surface area (Å²) in [5.41, 5.74) is 10.8. The molecule has 5 nitrogen and oxygen atoms in total. The van der Waals surface area contributed by atoms with Crippen LogP contribution in [0.2, 0.25) is 0 Å². The molecule has 1 amide bonds. The van der Waals surface area contributed by atoms with Crippen molar-refractivity contribution in [3.8, 4) is 29.5 Å². The van der Waals surface area contributed by atoms with E-state index < -0.39 is 0 Å². The summed E-state index contributed by atoms with van der Waals surface area (Å²) in [7, 11) is 0. The molecule has 1 saturated carbocycles. The molecule has 136 valence electrons. The Hall–Kier alpha value is -3.83. The smallest absolute Gasteiger partial charge is 0.230 e. The maximum atomic E-state index is 12.2. The number of carbonyl (C=O) groups is 1. The molecule has 2 atom stereocenters. The van der Waals surface area contributed by atoms with E-state index in [1.54, 1.807) is 6.20 Å². The number of hydrogen-bond donors (Lipinski definition) is 2. The number of aryl methyl sites for hydroxylation is 1. The molecule has 4 rings (SSSR count). The van der Waals surface area contributed by atoms with Crippen LogP contribution in [0.1, 0.15) is 17.5 Å². The number of nitriles is 1. The maximum absolute atomic E-state index is 12.2. The maximum Gasteiger partial charge on any atom is 0.230 e. The molecule has 3 aromatic rings. The number of anilines is 2. The Morgan fingerprint density at radius 3 is 2.82 bits per heavy atom. The van der Waals surface area contributed by atoms with Gasteiger partial charge in [0.25, 0.3) is 0 Å². The van der Waals surface area contributed by atoms with Gasteiger partial charge >= 0.3 is 0 Å². The molecule has 28 heavy (non-hydrogen) atoms. The lowest BCUT2D eigenvalue weighted by atomic mass is 9.96. The van der Waals surface area contributed by atoms with Gasteiger partial charge in [0, 0.05) is 22.8 Å². The molecule has 1 heterocycles. The van der Waals surface area contributed by atoms with Crippen LogP contribution >= 0.6 is 0 Å². The lowest BCUT2D eigenvalue weighted by Crippen LogP contribution is -2.15. The van der Waals surface area contributed by atoms with Gasteiger partial charge in [-0.15, -0.1) is 6.42 Å². The van der Waals surface area contributed by atoms with E-state index in [9.17, 15) is 4.79 Å². The third-order valence-electron chi connectivity index (χ3n) is 5.12. The zero-order valence-electron chi connectivity index (χ0n) is 15.4. The third-order valence-corrected chi connectivity index (χ3v) is 5.12. The minimum absolute atomic E-state index is 0.164. The first kappa shape index (κ1) is 17.6. The van der Waals surface area contributed by atoms with Crippen molar-refractivity contribution in [1.82, 2.24) is 4.98 Å². The van der Waals surface area contributed by atoms with Crippen molar-refractivity contribution < 1.29 is 4.79 Å². The first-order valence-corrected chi connectivity index (χ1v) is 8.97. The minimum atomic E-state index is -0.240. The molecule has 0 aliphatic heterocycles. The van der Waals surface area contributed by atoms with Crippen LogP contribution in [0.15, 0.2) is 42.6 Å². The fourth-order valence-electron chi connectivity index (χ4n) is 3.43. The molecule has 0 spiro atoms. The van der Waals surface area contributed by atoms with Crippen LogP contribution in [-0.4, -0.2) is 10.9 Å². The second kappa shape index (κ2) is 6.72. The van der Waals surface area contributed by atoms with Gasteiger partial charge < -0.3 is 11.1 Å². The lowest BCUT2D eigenvalue weighted by Gasteiger charge is -2.11. The van der Waals surface area contributed by atoms with Crippen molar-refractivity contribution in [2.24, 2.45) is 11.8 Å². The first-order chi connectivity index (χ1) is 13.5. The molecule has 2 aromatic carbocycles. The molecule has 1 aliphatic carbocycles. The van der Waals surface area contributed by atoms with E-state index in [0.29, 0.717) is 17.9 Å². The van der Waals surface area contributed by atoms with Crippen LogP contribution in [0.5, 0.6) is 0 Å². The zero-order valence-corrected chi connectivity index (χ0v) is 15.4. The number of amides is 1. The molecule has 0 unspecified atom stereocenters. The molecule has 1 fully saturated rings. The Bertz CT molecular complexity index is 1200. The first-order valence-electron chi connectivity index (χ1n) is 8.97. The largest absolute Gasteiger partial charge is 0.398 e. The summed E-state index contributed by atoms with van der Waals surface area (Å²) in [6, 6.07) is 13.7. The SMILES string of the molecule is C#Cc1ccc(-c2cc(N)c3cnc(NC(=O)[C@H]4C[C@@H]4C#N)cc3c2)c(C)c1. The summed E-state index contributed by atoms with van der Waals surface area (Å²) in [5.74, 6) is 2.51. The van der Waals surface area contributed by atoms with Gasteiger partial charge in [-0.25, -0.2) is 4.98 Å². The van der Waals surface area contributed by atoms with Gasteiger partial charge in [-0.3, -0.25) is 4.79 Å². The van der Waals surface area contributed by atoms with Crippen molar-refractivity contribution in [3.63, 3.8) is 0 Å². The van der Waals surface area contributed by atoms with Crippen LogP contribution < -0.4 is 11.1 Å². The predicted octanol–water partition coefficient (Wildman–Crippen LogP) is 3.87. The Kier molecular flexibility index (Phi) is 4.22. The molecule has 3 N–H and O–H groups in total. The fourth-order valence-corrected chi connectivity index (χ4v) is 3.43. The van der Waals surface area contributed by atoms with Gasteiger partial charge in [-0.05, 0) is 65.8 Å². The van der Waals surface area contributed by atoms with Crippen LogP contribution in [0.3, 0.4) is 0 Å². The van der Waals surface area contributed by atoms with Crippen LogP contribution in [0, 0.1) is 42.4 Å². The number of nitrogens with two attached hydrogens (primary N) is 1. The molecule has 1 aliphatic rings. The van der Waals surface area contributed by atoms with Gasteiger partial charge in [0.2, 0.25) is 5.91 Å². The molecule has 0 saturated heterocycles. The second-order valence-electron chi connectivity index (χ2n) is 7.10. The highest BCUT2D eigenvalue weighted by atomic mass is 16.2. The van der Waals surface area contributed by atoms with Crippen molar-refractivity contribution in [2.75, 3.05) is 11.1 Å². The number of rotatable bonds is 3. The third kappa shape index (κ3) is 3.15. The van der Waals surface area contributed by atoms with Gasteiger partial charge in [0.15, 0.2) is 0 Å². The van der Waals surface area contributed by atoms with Gasteiger partial charge in [0.05, 0.1) is 17.9 Å². The highest BCUT2D eigenvalue weighted by Gasteiger charge is 2.43. The highest BCUT2D eigenvalue weighted by molar-refractivity contribution is 6.00. The molecule has 0 bridgehead atoms. The number of terminal acetylenes is 1. The topological polar surface area (TPSA) is 91.8 Å². The van der Waals surface area contributed by atoms with E-state index in [4.69, 9.17) is 17.4 Å². The molecule has 1 aromatic heterocycles. The van der Waals surface area contributed by atoms with Crippen molar-refractivity contribution in [1.29, 1.82) is 5.26 Å². The van der Waals surface area contributed by atoms with E-state index in [-0.39, 0.29) is 17.7 Å². The minimum Gasteiger partial charge on any atom is -0.398 e. The normalized spacial score (nSPS) is 17.5. The van der Waals surface area contributed by atoms with Crippen LogP contribution in [0.4, 0.5) is 11.5 Å². The number of carbonyl (C=O) groups excluding carboxylic acids is 1. The molecule has 0 radical (unpaired) electrons. The summed E-state index contributed by atoms with van der Waals surface area (Å²) in [5, 5.41) is 13.4. The average molecular weight is 366 g/mol. The predicted molar refractivity (Wildman–Crippen MR) is 110 cm³/mol. The van der Waals surface area contributed by atoms with Gasteiger partial charge in [0.1, 0.15) is 5.82 Å². The summed E-state index contributed by atoms with van der Waals surface area (Å²) in [6.45, 7) is 2.01. The number of fused-ring (bicyclic) bond motifs is 1. The number of nitrogens with zero attached hydrogens (tertiary/aromatic N) is 2. The standard InChI is InChI=1S/C23H18N4O/c1-3-14-4-5-18(13(2)6-14)15-7-16-10-22(26-12-20(16)21(25)9-15)27-23(28)19-8-17(19)11-24/h1,4-7,9-10,12,17,19H,8,25H2,2H3,(H,26,27,28)/t17-,19+/m1/s1. The summed E-state index contributed by atoms with van der Waals surface area (Å²) >= 11 is 0. The van der Waals surface area contributed by atoms with Crippen LogP contribution in [0.25, 0.3) is 21.9 Å². The average Bonchev–Trinajstić information content (AvgIpc) is 3.47. The highest BCUT2D eigenvalue weighted by Crippen LogP contribution is 2.38. The lowest BCUT2D eigenvalue weighted by molar-refractivity contribution is -0.117. The Morgan fingerprint density at radius 1 is 1.32 bits per heavy atom. The Labute approximate surface area is 163 Å². The molecular weight excluding hydrogens is 348 g/mol. The number of nitrogen functional groups attached to an aromatic ring is 1. The van der Waals surface area contributed by atoms with Crippen LogP contribution in [-0.2, 0) is 4.79 Å². The van der Waals surface area contributed by atoms with E-state index >= 15 is 0 Å². The summed E-state index contributed by atoms with van der Waals surface area (Å²) < 4.78 is 0. The van der Waals surface area contributed by atoms with Crippen molar-refractivity contribution in [2.45, 2.75) is 13.3 Å². The molecular formula is C23H18N4O. The number of hydrogen-bond acceptors (Lipinski definition) is 4. The fraction of sp³-hybridized carbons (Fsp3) is 0.174. The number of nitrogens with one attached hydrogen (secondary N) is 1. The number of pyridine rings is 1. The van der Waals surface area contributed by atoms with E-state index in [1.165, 1.54) is 0 Å². The quantitative estimate of drug-likeness (QED) is 0.544.